The first-order valence-electron chi connectivity index (χ1n) is 7.29. The monoisotopic (exact) mass is 272 g/mol. The van der Waals surface area contributed by atoms with E-state index in [-0.39, 0.29) is 11.6 Å². The van der Waals surface area contributed by atoms with Gasteiger partial charge in [0.25, 0.3) is 0 Å². The Morgan fingerprint density at radius 1 is 1.11 bits per heavy atom. The van der Waals surface area contributed by atoms with Gasteiger partial charge in [-0.05, 0) is 54.5 Å². The minimum atomic E-state index is -0.448. The summed E-state index contributed by atoms with van der Waals surface area (Å²) in [5.41, 5.74) is -0.676. The second-order valence-electron chi connectivity index (χ2n) is 6.91. The fourth-order valence-electron chi connectivity index (χ4n) is 1.64. The molecule has 0 aromatic carbocycles. The predicted molar refractivity (Wildman–Crippen MR) is 80.5 cm³/mol. The number of ether oxygens (including phenoxy) is 1. The molecule has 0 bridgehead atoms. The molecule has 1 amide bonds. The molecule has 0 saturated carbocycles. The van der Waals surface area contributed by atoms with Crippen molar-refractivity contribution in [2.45, 2.75) is 72.4 Å². The average molecular weight is 272 g/mol. The largest absolute Gasteiger partial charge is 0.444 e. The molecule has 0 rings (SSSR count). The molecule has 0 radical (unpaired) electrons. The second kappa shape index (κ2) is 7.73. The molecule has 0 spiro atoms. The molecule has 19 heavy (non-hydrogen) atoms. The summed E-state index contributed by atoms with van der Waals surface area (Å²) in [6.45, 7) is 16.4. The molecular formula is C15H32N2O2. The van der Waals surface area contributed by atoms with Crippen LogP contribution in [0.3, 0.4) is 0 Å². The Balaban J connectivity index is 4.37. The summed E-state index contributed by atoms with van der Waals surface area (Å²) in [4.78, 5) is 14.0. The van der Waals surface area contributed by atoms with E-state index in [0.717, 1.165) is 13.1 Å². The average Bonchev–Trinajstić information content (AvgIpc) is 2.18. The number of carbonyl (C=O) groups is 1. The summed E-state index contributed by atoms with van der Waals surface area (Å²) >= 11 is 0. The molecule has 4 nitrogen and oxygen atoms in total. The van der Waals surface area contributed by atoms with Crippen molar-refractivity contribution >= 4 is 6.09 Å². The Labute approximate surface area is 118 Å². The number of hydrogen-bond acceptors (Lipinski definition) is 3. The van der Waals surface area contributed by atoms with E-state index in [1.165, 1.54) is 12.8 Å². The van der Waals surface area contributed by atoms with Gasteiger partial charge in [0.2, 0.25) is 0 Å². The van der Waals surface area contributed by atoms with E-state index in [9.17, 15) is 4.79 Å². The van der Waals surface area contributed by atoms with Crippen LogP contribution >= 0.6 is 0 Å². The van der Waals surface area contributed by atoms with Crippen LogP contribution in [0.2, 0.25) is 0 Å². The van der Waals surface area contributed by atoms with Gasteiger partial charge >= 0.3 is 6.09 Å². The minimum Gasteiger partial charge on any atom is -0.444 e. The van der Waals surface area contributed by atoms with E-state index in [1.807, 2.05) is 41.5 Å². The predicted octanol–water partition coefficient (Wildman–Crippen LogP) is 3.41. The maximum Gasteiger partial charge on any atom is 0.410 e. The molecule has 0 aromatic heterocycles. The second-order valence-corrected chi connectivity index (χ2v) is 6.91. The number of carbonyl (C=O) groups excluding carboxylic acids is 1. The molecule has 4 heteroatoms. The number of amides is 1. The first kappa shape index (κ1) is 18.2. The SMILES string of the molecule is CCCCNCCN(C(=O)OC(C)(C)C)C(C)(C)C. The van der Waals surface area contributed by atoms with Gasteiger partial charge in [0.1, 0.15) is 5.60 Å². The first-order valence-corrected chi connectivity index (χ1v) is 7.29. The molecule has 0 atom stereocenters. The van der Waals surface area contributed by atoms with Crippen LogP contribution in [0.25, 0.3) is 0 Å². The van der Waals surface area contributed by atoms with Gasteiger partial charge in [0.15, 0.2) is 0 Å². The highest BCUT2D eigenvalue weighted by molar-refractivity contribution is 5.69. The molecule has 0 aliphatic carbocycles. The quantitative estimate of drug-likeness (QED) is 0.753. The highest BCUT2D eigenvalue weighted by atomic mass is 16.6. The van der Waals surface area contributed by atoms with Crippen molar-refractivity contribution < 1.29 is 9.53 Å². The Bertz CT molecular complexity index is 264. The molecule has 0 unspecified atom stereocenters. The smallest absolute Gasteiger partial charge is 0.410 e. The van der Waals surface area contributed by atoms with Crippen LogP contribution in [0.4, 0.5) is 4.79 Å². The van der Waals surface area contributed by atoms with Crippen LogP contribution in [-0.4, -0.2) is 41.8 Å². The van der Waals surface area contributed by atoms with Crippen molar-refractivity contribution in [3.63, 3.8) is 0 Å². The van der Waals surface area contributed by atoms with Crippen LogP contribution < -0.4 is 5.32 Å². The molecule has 0 fully saturated rings. The van der Waals surface area contributed by atoms with Crippen molar-refractivity contribution in [3.8, 4) is 0 Å². The number of hydrogen-bond donors (Lipinski definition) is 1. The summed E-state index contributed by atoms with van der Waals surface area (Å²) in [6.07, 6.45) is 2.11. The Kier molecular flexibility index (Phi) is 7.42. The standard InChI is InChI=1S/C15H32N2O2/c1-8-9-10-16-11-12-17(14(2,3)4)13(18)19-15(5,6)7/h16H,8-12H2,1-7H3. The molecule has 0 saturated heterocycles. The summed E-state index contributed by atoms with van der Waals surface area (Å²) < 4.78 is 5.46. The van der Waals surface area contributed by atoms with E-state index in [4.69, 9.17) is 4.74 Å². The Morgan fingerprint density at radius 3 is 2.11 bits per heavy atom. The highest BCUT2D eigenvalue weighted by Crippen LogP contribution is 2.17. The molecule has 0 aromatic rings. The third-order valence-corrected chi connectivity index (χ3v) is 2.64. The molecule has 0 aliphatic heterocycles. The van der Waals surface area contributed by atoms with Crippen molar-refractivity contribution in [2.75, 3.05) is 19.6 Å². The molecule has 0 heterocycles. The maximum atomic E-state index is 12.2. The van der Waals surface area contributed by atoms with Gasteiger partial charge < -0.3 is 15.0 Å². The lowest BCUT2D eigenvalue weighted by Gasteiger charge is -2.36. The number of rotatable bonds is 6. The van der Waals surface area contributed by atoms with E-state index in [0.29, 0.717) is 6.54 Å². The highest BCUT2D eigenvalue weighted by Gasteiger charge is 2.29. The first-order chi connectivity index (χ1) is 8.58. The van der Waals surface area contributed by atoms with Crippen molar-refractivity contribution in [3.05, 3.63) is 0 Å². The summed E-state index contributed by atoms with van der Waals surface area (Å²) in [7, 11) is 0. The zero-order valence-corrected chi connectivity index (χ0v) is 13.8. The lowest BCUT2D eigenvalue weighted by molar-refractivity contribution is 0.00666. The van der Waals surface area contributed by atoms with Crippen LogP contribution in [0.5, 0.6) is 0 Å². The van der Waals surface area contributed by atoms with Gasteiger partial charge in [-0.1, -0.05) is 13.3 Å². The summed E-state index contributed by atoms with van der Waals surface area (Å²) in [6, 6.07) is 0. The van der Waals surface area contributed by atoms with Gasteiger partial charge in [0.05, 0.1) is 0 Å². The van der Waals surface area contributed by atoms with Crippen molar-refractivity contribution in [2.24, 2.45) is 0 Å². The summed E-state index contributed by atoms with van der Waals surface area (Å²) in [5.74, 6) is 0. The third kappa shape index (κ3) is 8.87. The number of nitrogens with zero attached hydrogens (tertiary/aromatic N) is 1. The maximum absolute atomic E-state index is 12.2. The van der Waals surface area contributed by atoms with Crippen LogP contribution in [-0.2, 0) is 4.74 Å². The van der Waals surface area contributed by atoms with Crippen LogP contribution in [0, 0.1) is 0 Å². The Hall–Kier alpha value is -0.770. The van der Waals surface area contributed by atoms with Crippen molar-refractivity contribution in [1.29, 1.82) is 0 Å². The van der Waals surface area contributed by atoms with Crippen LogP contribution in [0.1, 0.15) is 61.3 Å². The molecule has 0 aliphatic rings. The minimum absolute atomic E-state index is 0.227. The lowest BCUT2D eigenvalue weighted by atomic mass is 10.1. The van der Waals surface area contributed by atoms with Gasteiger partial charge in [-0.3, -0.25) is 0 Å². The zero-order chi connectivity index (χ0) is 15.1. The topological polar surface area (TPSA) is 41.6 Å². The lowest BCUT2D eigenvalue weighted by Crippen LogP contribution is -2.50. The Morgan fingerprint density at radius 2 is 1.68 bits per heavy atom. The van der Waals surface area contributed by atoms with E-state index >= 15 is 0 Å². The van der Waals surface area contributed by atoms with Crippen LogP contribution in [0.15, 0.2) is 0 Å². The third-order valence-electron chi connectivity index (χ3n) is 2.64. The van der Waals surface area contributed by atoms with E-state index in [1.54, 1.807) is 4.90 Å². The molecule has 1 N–H and O–H groups in total. The fraction of sp³-hybridized carbons (Fsp3) is 0.933. The van der Waals surface area contributed by atoms with E-state index < -0.39 is 5.60 Å². The normalized spacial score (nSPS) is 12.4. The van der Waals surface area contributed by atoms with Gasteiger partial charge in [0, 0.05) is 18.6 Å². The van der Waals surface area contributed by atoms with E-state index in [2.05, 4.69) is 12.2 Å². The number of unbranched alkanes of at least 4 members (excludes halogenated alkanes) is 1. The molecule has 114 valence electrons. The molecular weight excluding hydrogens is 240 g/mol. The fourth-order valence-corrected chi connectivity index (χ4v) is 1.64. The van der Waals surface area contributed by atoms with Crippen molar-refractivity contribution in [1.82, 2.24) is 10.2 Å². The summed E-state index contributed by atoms with van der Waals surface area (Å²) in [5, 5.41) is 3.36. The van der Waals surface area contributed by atoms with Gasteiger partial charge in [-0.2, -0.15) is 0 Å². The zero-order valence-electron chi connectivity index (χ0n) is 13.8. The number of nitrogens with one attached hydrogen (secondary N) is 1. The van der Waals surface area contributed by atoms with Gasteiger partial charge in [-0.15, -0.1) is 0 Å². The van der Waals surface area contributed by atoms with Gasteiger partial charge in [-0.25, -0.2) is 4.79 Å².